The molecule has 1 heterocycles. The van der Waals surface area contributed by atoms with Gasteiger partial charge in [0.15, 0.2) is 0 Å². The van der Waals surface area contributed by atoms with Gasteiger partial charge in [0.05, 0.1) is 24.9 Å². The predicted octanol–water partition coefficient (Wildman–Crippen LogP) is 2.64. The number of nitrogens with zero attached hydrogens (tertiary/aromatic N) is 2. The average Bonchev–Trinajstić information content (AvgIpc) is 2.66. The standard InChI is InChI=1S/C15H18N2O2/c1-10-11(2)16-17(12(10)3)9-13-5-7-14(8-6-13)15(18)19-4/h5-8H,9H2,1-4H3. The van der Waals surface area contributed by atoms with Crippen molar-refractivity contribution in [2.75, 3.05) is 7.11 Å². The van der Waals surface area contributed by atoms with Crippen molar-refractivity contribution in [2.24, 2.45) is 0 Å². The molecule has 0 aliphatic rings. The van der Waals surface area contributed by atoms with E-state index >= 15 is 0 Å². The molecule has 0 radical (unpaired) electrons. The zero-order chi connectivity index (χ0) is 14.0. The number of methoxy groups -OCH3 is 1. The van der Waals surface area contributed by atoms with Gasteiger partial charge in [0.25, 0.3) is 0 Å². The molecule has 4 nitrogen and oxygen atoms in total. The van der Waals surface area contributed by atoms with Crippen LogP contribution in [0.2, 0.25) is 0 Å². The van der Waals surface area contributed by atoms with Crippen LogP contribution < -0.4 is 0 Å². The van der Waals surface area contributed by atoms with Crippen molar-refractivity contribution in [3.8, 4) is 0 Å². The van der Waals surface area contributed by atoms with E-state index in [4.69, 9.17) is 0 Å². The van der Waals surface area contributed by atoms with Gasteiger partial charge in [0.1, 0.15) is 0 Å². The van der Waals surface area contributed by atoms with Crippen molar-refractivity contribution in [3.05, 3.63) is 52.3 Å². The maximum atomic E-state index is 11.3. The largest absolute Gasteiger partial charge is 0.465 e. The highest BCUT2D eigenvalue weighted by atomic mass is 16.5. The Bertz CT molecular complexity index is 597. The molecule has 0 unspecified atom stereocenters. The summed E-state index contributed by atoms with van der Waals surface area (Å²) in [6.45, 7) is 6.87. The van der Waals surface area contributed by atoms with E-state index in [0.717, 1.165) is 11.3 Å². The second-order valence-corrected chi connectivity index (χ2v) is 4.64. The SMILES string of the molecule is COC(=O)c1ccc(Cn2nc(C)c(C)c2C)cc1. The summed E-state index contributed by atoms with van der Waals surface area (Å²) in [6.07, 6.45) is 0. The fourth-order valence-corrected chi connectivity index (χ4v) is 1.98. The topological polar surface area (TPSA) is 44.1 Å². The highest BCUT2D eigenvalue weighted by Crippen LogP contribution is 2.14. The van der Waals surface area contributed by atoms with E-state index in [1.807, 2.05) is 23.7 Å². The van der Waals surface area contributed by atoms with Crippen LogP contribution in [0.15, 0.2) is 24.3 Å². The van der Waals surface area contributed by atoms with Crippen molar-refractivity contribution in [2.45, 2.75) is 27.3 Å². The second kappa shape index (κ2) is 5.26. The molecule has 2 aromatic rings. The average molecular weight is 258 g/mol. The summed E-state index contributed by atoms with van der Waals surface area (Å²) in [6, 6.07) is 7.41. The summed E-state index contributed by atoms with van der Waals surface area (Å²) < 4.78 is 6.66. The Balaban J connectivity index is 2.20. The lowest BCUT2D eigenvalue weighted by atomic mass is 10.1. The number of benzene rings is 1. The summed E-state index contributed by atoms with van der Waals surface area (Å²) in [5.74, 6) is -0.312. The third-order valence-corrected chi connectivity index (χ3v) is 3.45. The van der Waals surface area contributed by atoms with Gasteiger partial charge < -0.3 is 4.74 Å². The second-order valence-electron chi connectivity index (χ2n) is 4.64. The number of carbonyl (C=O) groups is 1. The Morgan fingerprint density at radius 1 is 1.21 bits per heavy atom. The normalized spacial score (nSPS) is 10.5. The molecule has 0 atom stereocenters. The molecule has 0 spiro atoms. The van der Waals surface area contributed by atoms with Gasteiger partial charge in [-0.15, -0.1) is 0 Å². The number of aryl methyl sites for hydroxylation is 1. The molecule has 0 amide bonds. The molecule has 4 heteroatoms. The molecule has 1 aromatic carbocycles. The molecule has 0 bridgehead atoms. The molecule has 0 aliphatic heterocycles. The quantitative estimate of drug-likeness (QED) is 0.795. The van der Waals surface area contributed by atoms with Crippen molar-refractivity contribution in [1.29, 1.82) is 0 Å². The number of ether oxygens (including phenoxy) is 1. The van der Waals surface area contributed by atoms with Gasteiger partial charge in [0, 0.05) is 5.69 Å². The molecule has 0 fully saturated rings. The first kappa shape index (κ1) is 13.3. The fourth-order valence-electron chi connectivity index (χ4n) is 1.98. The summed E-state index contributed by atoms with van der Waals surface area (Å²) in [5, 5.41) is 4.50. The van der Waals surface area contributed by atoms with E-state index in [9.17, 15) is 4.79 Å². The van der Waals surface area contributed by atoms with E-state index < -0.39 is 0 Å². The van der Waals surface area contributed by atoms with E-state index in [1.54, 1.807) is 12.1 Å². The smallest absolute Gasteiger partial charge is 0.337 e. The van der Waals surface area contributed by atoms with E-state index in [0.29, 0.717) is 12.1 Å². The summed E-state index contributed by atoms with van der Waals surface area (Å²) in [5.41, 5.74) is 5.14. The lowest BCUT2D eigenvalue weighted by molar-refractivity contribution is 0.0600. The Kier molecular flexibility index (Phi) is 3.69. The highest BCUT2D eigenvalue weighted by molar-refractivity contribution is 5.89. The Morgan fingerprint density at radius 2 is 1.84 bits per heavy atom. The maximum Gasteiger partial charge on any atom is 0.337 e. The van der Waals surface area contributed by atoms with Crippen LogP contribution in [-0.2, 0) is 11.3 Å². The zero-order valence-electron chi connectivity index (χ0n) is 11.7. The fraction of sp³-hybridized carbons (Fsp3) is 0.333. The lowest BCUT2D eigenvalue weighted by Crippen LogP contribution is -2.05. The summed E-state index contributed by atoms with van der Waals surface area (Å²) in [4.78, 5) is 11.3. The van der Waals surface area contributed by atoms with Crippen molar-refractivity contribution in [1.82, 2.24) is 9.78 Å². The summed E-state index contributed by atoms with van der Waals surface area (Å²) >= 11 is 0. The first-order valence-electron chi connectivity index (χ1n) is 6.20. The van der Waals surface area contributed by atoms with Gasteiger partial charge in [0.2, 0.25) is 0 Å². The first-order valence-corrected chi connectivity index (χ1v) is 6.20. The van der Waals surface area contributed by atoms with Crippen LogP contribution >= 0.6 is 0 Å². The molecular weight excluding hydrogens is 240 g/mol. The van der Waals surface area contributed by atoms with Crippen molar-refractivity contribution < 1.29 is 9.53 Å². The number of esters is 1. The highest BCUT2D eigenvalue weighted by Gasteiger charge is 2.08. The molecule has 1 aromatic heterocycles. The van der Waals surface area contributed by atoms with Crippen LogP contribution in [0.4, 0.5) is 0 Å². The molecule has 100 valence electrons. The number of rotatable bonds is 3. The predicted molar refractivity (Wildman–Crippen MR) is 73.3 cm³/mol. The van der Waals surface area contributed by atoms with Gasteiger partial charge in [-0.05, 0) is 44.0 Å². The van der Waals surface area contributed by atoms with E-state index in [1.165, 1.54) is 18.4 Å². The number of carbonyl (C=O) groups excluding carboxylic acids is 1. The van der Waals surface area contributed by atoms with Crippen molar-refractivity contribution >= 4 is 5.97 Å². The van der Waals surface area contributed by atoms with E-state index in [-0.39, 0.29) is 5.97 Å². The molecule has 0 aliphatic carbocycles. The van der Waals surface area contributed by atoms with Gasteiger partial charge in [-0.3, -0.25) is 4.68 Å². The monoisotopic (exact) mass is 258 g/mol. The van der Waals surface area contributed by atoms with Crippen LogP contribution in [0, 0.1) is 20.8 Å². The zero-order valence-corrected chi connectivity index (χ0v) is 11.7. The molecule has 2 rings (SSSR count). The van der Waals surface area contributed by atoms with Gasteiger partial charge in [-0.25, -0.2) is 4.79 Å². The minimum Gasteiger partial charge on any atom is -0.465 e. The third kappa shape index (κ3) is 2.67. The first-order chi connectivity index (χ1) is 9.02. The van der Waals surface area contributed by atoms with Crippen LogP contribution in [0.5, 0.6) is 0 Å². The Morgan fingerprint density at radius 3 is 2.32 bits per heavy atom. The Labute approximate surface area is 113 Å². The van der Waals surface area contributed by atoms with E-state index in [2.05, 4.69) is 23.7 Å². The number of hydrogen-bond acceptors (Lipinski definition) is 3. The number of hydrogen-bond donors (Lipinski definition) is 0. The maximum absolute atomic E-state index is 11.3. The molecule has 0 saturated heterocycles. The Hall–Kier alpha value is -2.10. The van der Waals surface area contributed by atoms with Crippen LogP contribution in [0.25, 0.3) is 0 Å². The molecule has 0 saturated carbocycles. The lowest BCUT2D eigenvalue weighted by Gasteiger charge is -2.06. The minimum absolute atomic E-state index is 0.312. The van der Waals surface area contributed by atoms with Crippen LogP contribution in [-0.4, -0.2) is 22.9 Å². The molecule has 0 N–H and O–H groups in total. The van der Waals surface area contributed by atoms with Gasteiger partial charge in [-0.1, -0.05) is 12.1 Å². The van der Waals surface area contributed by atoms with Gasteiger partial charge in [-0.2, -0.15) is 5.10 Å². The van der Waals surface area contributed by atoms with Gasteiger partial charge >= 0.3 is 5.97 Å². The van der Waals surface area contributed by atoms with Crippen LogP contribution in [0.3, 0.4) is 0 Å². The molecular formula is C15H18N2O2. The minimum atomic E-state index is -0.312. The van der Waals surface area contributed by atoms with Crippen LogP contribution in [0.1, 0.15) is 32.9 Å². The third-order valence-electron chi connectivity index (χ3n) is 3.45. The van der Waals surface area contributed by atoms with Crippen molar-refractivity contribution in [3.63, 3.8) is 0 Å². The molecule has 19 heavy (non-hydrogen) atoms. The number of aromatic nitrogens is 2. The summed E-state index contributed by atoms with van der Waals surface area (Å²) in [7, 11) is 1.38.